The van der Waals surface area contributed by atoms with Crippen LogP contribution in [0.15, 0.2) is 0 Å². The molecule has 3 nitrogen and oxygen atoms in total. The molecule has 2 atom stereocenters. The summed E-state index contributed by atoms with van der Waals surface area (Å²) in [4.78, 5) is 0. The Morgan fingerprint density at radius 1 is 1.31 bits per heavy atom. The Morgan fingerprint density at radius 3 is 2.23 bits per heavy atom. The van der Waals surface area contributed by atoms with E-state index < -0.39 is 9.84 Å². The number of hydrogen-bond donors (Lipinski definition) is 1. The van der Waals surface area contributed by atoms with E-state index in [9.17, 15) is 8.42 Å². The highest BCUT2D eigenvalue weighted by atomic mass is 32.2. The van der Waals surface area contributed by atoms with E-state index in [0.29, 0.717) is 5.75 Å². The van der Waals surface area contributed by atoms with Gasteiger partial charge in [-0.15, -0.1) is 0 Å². The normalized spacial score (nSPS) is 16.9. The molecular weight excluding hydrogens is 186 g/mol. The van der Waals surface area contributed by atoms with Gasteiger partial charge >= 0.3 is 0 Å². The summed E-state index contributed by atoms with van der Waals surface area (Å²) in [6, 6.07) is 0.0295. The first-order valence-electron chi connectivity index (χ1n) is 4.84. The molecule has 0 aromatic carbocycles. The van der Waals surface area contributed by atoms with Gasteiger partial charge in [-0.25, -0.2) is 8.42 Å². The van der Waals surface area contributed by atoms with Crippen molar-refractivity contribution in [2.24, 2.45) is 0 Å². The molecule has 0 aliphatic heterocycles. The molecule has 0 rings (SSSR count). The Balaban J connectivity index is 4.28. The smallest absolute Gasteiger partial charge is 0.154 e. The Labute approximate surface area is 81.8 Å². The first kappa shape index (κ1) is 12.9. The highest BCUT2D eigenvalue weighted by Crippen LogP contribution is 2.08. The summed E-state index contributed by atoms with van der Waals surface area (Å²) in [7, 11) is -1.11. The Hall–Kier alpha value is -0.0900. The van der Waals surface area contributed by atoms with E-state index in [1.54, 1.807) is 14.0 Å². The van der Waals surface area contributed by atoms with Gasteiger partial charge in [0.05, 0.1) is 11.0 Å². The van der Waals surface area contributed by atoms with Crippen LogP contribution in [-0.4, -0.2) is 32.5 Å². The zero-order chi connectivity index (χ0) is 10.5. The number of hydrogen-bond acceptors (Lipinski definition) is 3. The largest absolute Gasteiger partial charge is 0.316 e. The predicted octanol–water partition coefficient (Wildman–Crippen LogP) is 1.20. The van der Waals surface area contributed by atoms with E-state index in [-0.39, 0.29) is 11.3 Å². The third kappa shape index (κ3) is 4.09. The lowest BCUT2D eigenvalue weighted by Gasteiger charge is -2.19. The zero-order valence-electron chi connectivity index (χ0n) is 9.00. The van der Waals surface area contributed by atoms with Gasteiger partial charge in [0.2, 0.25) is 0 Å². The lowest BCUT2D eigenvalue weighted by molar-refractivity contribution is 0.537. The van der Waals surface area contributed by atoms with Crippen LogP contribution < -0.4 is 5.32 Å². The summed E-state index contributed by atoms with van der Waals surface area (Å²) >= 11 is 0. The minimum absolute atomic E-state index is 0.0295. The van der Waals surface area contributed by atoms with Crippen LogP contribution in [0.1, 0.15) is 33.6 Å². The van der Waals surface area contributed by atoms with Crippen LogP contribution in [-0.2, 0) is 9.84 Å². The fourth-order valence-electron chi connectivity index (χ4n) is 1.08. The van der Waals surface area contributed by atoms with Crippen molar-refractivity contribution in [1.29, 1.82) is 0 Å². The van der Waals surface area contributed by atoms with Crippen molar-refractivity contribution in [2.75, 3.05) is 12.8 Å². The summed E-state index contributed by atoms with van der Waals surface area (Å²) in [5.41, 5.74) is 0. The van der Waals surface area contributed by atoms with Gasteiger partial charge < -0.3 is 5.32 Å². The van der Waals surface area contributed by atoms with Gasteiger partial charge in [-0.3, -0.25) is 0 Å². The second-order valence-corrected chi connectivity index (χ2v) is 5.98. The Morgan fingerprint density at radius 2 is 1.85 bits per heavy atom. The number of sulfone groups is 1. The van der Waals surface area contributed by atoms with E-state index >= 15 is 0 Å². The van der Waals surface area contributed by atoms with Crippen molar-refractivity contribution >= 4 is 9.84 Å². The summed E-state index contributed by atoms with van der Waals surface area (Å²) in [5.74, 6) is 0.316. The van der Waals surface area contributed by atoms with Crippen LogP contribution in [0.2, 0.25) is 0 Å². The zero-order valence-corrected chi connectivity index (χ0v) is 9.82. The van der Waals surface area contributed by atoms with E-state index in [1.807, 2.05) is 13.8 Å². The van der Waals surface area contributed by atoms with Gasteiger partial charge in [0.1, 0.15) is 0 Å². The summed E-state index contributed by atoms with van der Waals surface area (Å²) in [6.07, 6.45) is 1.70. The van der Waals surface area contributed by atoms with Gasteiger partial charge in [0.25, 0.3) is 0 Å². The molecule has 0 aromatic heterocycles. The quantitative estimate of drug-likeness (QED) is 0.712. The van der Waals surface area contributed by atoms with E-state index in [1.165, 1.54) is 0 Å². The molecular formula is C9H21NO2S. The van der Waals surface area contributed by atoms with Crippen LogP contribution in [0.25, 0.3) is 0 Å². The van der Waals surface area contributed by atoms with Crippen molar-refractivity contribution in [3.05, 3.63) is 0 Å². The molecule has 13 heavy (non-hydrogen) atoms. The maximum atomic E-state index is 11.6. The molecule has 0 aliphatic carbocycles. The average Bonchev–Trinajstić information content (AvgIpc) is 2.12. The van der Waals surface area contributed by atoms with Gasteiger partial charge in [-0.05, 0) is 27.3 Å². The fraction of sp³-hybridized carbons (Fsp3) is 1.00. The molecule has 1 N–H and O–H groups in total. The third-order valence-corrected chi connectivity index (χ3v) is 4.91. The standard InChI is InChI=1S/C9H21NO2S/c1-5-6-7-13(11,12)9(3)8(2)10-4/h8-10H,5-7H2,1-4H3. The van der Waals surface area contributed by atoms with Crippen LogP contribution in [0.4, 0.5) is 0 Å². The number of rotatable bonds is 6. The summed E-state index contributed by atoms with van der Waals surface area (Å²) in [6.45, 7) is 5.67. The molecule has 0 saturated heterocycles. The molecule has 0 aromatic rings. The minimum Gasteiger partial charge on any atom is -0.316 e. The molecule has 0 fully saturated rings. The molecule has 4 heteroatoms. The van der Waals surface area contributed by atoms with Crippen molar-refractivity contribution in [3.8, 4) is 0 Å². The first-order valence-corrected chi connectivity index (χ1v) is 6.56. The van der Waals surface area contributed by atoms with E-state index in [0.717, 1.165) is 12.8 Å². The van der Waals surface area contributed by atoms with Gasteiger partial charge in [-0.1, -0.05) is 13.3 Å². The molecule has 0 aliphatic rings. The Bertz CT molecular complexity index is 224. The maximum absolute atomic E-state index is 11.6. The average molecular weight is 207 g/mol. The highest BCUT2D eigenvalue weighted by Gasteiger charge is 2.24. The molecule has 0 spiro atoms. The molecule has 0 bridgehead atoms. The predicted molar refractivity (Wildman–Crippen MR) is 56.7 cm³/mol. The molecule has 0 amide bonds. The van der Waals surface area contributed by atoms with Gasteiger partial charge in [0, 0.05) is 6.04 Å². The Kier molecular flexibility index (Phi) is 5.56. The SMILES string of the molecule is CCCCS(=O)(=O)C(C)C(C)NC. The fourth-order valence-corrected chi connectivity index (χ4v) is 2.90. The number of unbranched alkanes of at least 4 members (excludes halogenated alkanes) is 1. The van der Waals surface area contributed by atoms with Crippen LogP contribution in [0.5, 0.6) is 0 Å². The third-order valence-electron chi connectivity index (χ3n) is 2.51. The van der Waals surface area contributed by atoms with E-state index in [2.05, 4.69) is 5.32 Å². The molecule has 2 unspecified atom stereocenters. The van der Waals surface area contributed by atoms with Crippen molar-refractivity contribution in [2.45, 2.75) is 44.9 Å². The van der Waals surface area contributed by atoms with Crippen LogP contribution >= 0.6 is 0 Å². The highest BCUT2D eigenvalue weighted by molar-refractivity contribution is 7.92. The lowest BCUT2D eigenvalue weighted by Crippen LogP contribution is -2.39. The van der Waals surface area contributed by atoms with Crippen LogP contribution in [0, 0.1) is 0 Å². The second kappa shape index (κ2) is 5.60. The maximum Gasteiger partial charge on any atom is 0.154 e. The van der Waals surface area contributed by atoms with Crippen LogP contribution in [0.3, 0.4) is 0 Å². The first-order chi connectivity index (χ1) is 5.95. The number of nitrogens with one attached hydrogen (secondary N) is 1. The molecule has 0 heterocycles. The van der Waals surface area contributed by atoms with Crippen molar-refractivity contribution in [1.82, 2.24) is 5.32 Å². The van der Waals surface area contributed by atoms with Crippen molar-refractivity contribution < 1.29 is 8.42 Å². The monoisotopic (exact) mass is 207 g/mol. The van der Waals surface area contributed by atoms with Gasteiger partial charge in [-0.2, -0.15) is 0 Å². The van der Waals surface area contributed by atoms with Gasteiger partial charge in [0.15, 0.2) is 9.84 Å². The lowest BCUT2D eigenvalue weighted by atomic mass is 10.3. The van der Waals surface area contributed by atoms with Crippen molar-refractivity contribution in [3.63, 3.8) is 0 Å². The van der Waals surface area contributed by atoms with E-state index in [4.69, 9.17) is 0 Å². The topological polar surface area (TPSA) is 46.2 Å². The summed E-state index contributed by atoms with van der Waals surface area (Å²) in [5, 5.41) is 2.68. The second-order valence-electron chi connectivity index (χ2n) is 3.50. The molecule has 80 valence electrons. The summed E-state index contributed by atoms with van der Waals surface area (Å²) < 4.78 is 23.3. The molecule has 0 saturated carbocycles. The molecule has 0 radical (unpaired) electrons. The minimum atomic E-state index is -2.90.